The summed E-state index contributed by atoms with van der Waals surface area (Å²) in [6.45, 7) is 2.66. The number of nitrogens with zero attached hydrogens (tertiary/aromatic N) is 2. The summed E-state index contributed by atoms with van der Waals surface area (Å²) in [5.74, 6) is -0.184. The first-order valence-corrected chi connectivity index (χ1v) is 12.4. The normalized spacial score (nSPS) is 21.1. The van der Waals surface area contributed by atoms with Crippen molar-refractivity contribution in [2.24, 2.45) is 0 Å². The maximum atomic E-state index is 13.6. The average Bonchev–Trinajstić information content (AvgIpc) is 3.37. The van der Waals surface area contributed by atoms with E-state index in [-0.39, 0.29) is 42.4 Å². The molecule has 2 aromatic rings. The van der Waals surface area contributed by atoms with Crippen LogP contribution in [0.25, 0.3) is 0 Å². The van der Waals surface area contributed by atoms with E-state index < -0.39 is 41.7 Å². The SMILES string of the molecule is CCc1c(OCCCCN2C(=O)N(C)C(C)(c3ccccc3)C2=O)ccc2c1COC2(C(F)(F)F)C(F)(F)F. The number of amides is 3. The summed E-state index contributed by atoms with van der Waals surface area (Å²) in [4.78, 5) is 28.5. The van der Waals surface area contributed by atoms with E-state index >= 15 is 0 Å². The largest absolute Gasteiger partial charge is 0.493 e. The molecule has 2 aliphatic heterocycles. The Bertz CT molecular complexity index is 1230. The third-order valence-electron chi connectivity index (χ3n) is 7.57. The molecule has 0 aliphatic carbocycles. The number of halogens is 6. The number of hydrogen-bond acceptors (Lipinski definition) is 4. The number of unbranched alkanes of at least 4 members (excludes halogenated alkanes) is 1. The summed E-state index contributed by atoms with van der Waals surface area (Å²) < 4.78 is 92.0. The van der Waals surface area contributed by atoms with Gasteiger partial charge < -0.3 is 14.4 Å². The molecular weight excluding hydrogens is 530 g/mol. The standard InChI is InChI=1S/C27H28F6N2O4/c1-4-18-19-16-39-25(26(28,29)30,27(31,32)33)20(19)12-13-21(18)38-15-9-8-14-35-22(36)24(2,34(3)23(35)37)17-10-6-5-7-11-17/h5-7,10-13H,4,8-9,14-16H2,1-3H3. The summed E-state index contributed by atoms with van der Waals surface area (Å²) in [5, 5.41) is 0. The Balaban J connectivity index is 1.42. The zero-order valence-corrected chi connectivity index (χ0v) is 21.6. The van der Waals surface area contributed by atoms with Gasteiger partial charge in [0.1, 0.15) is 11.3 Å². The fourth-order valence-corrected chi connectivity index (χ4v) is 5.27. The monoisotopic (exact) mass is 558 g/mol. The number of carbonyl (C=O) groups excluding carboxylic acids is 2. The molecular formula is C27H28F6N2O4. The van der Waals surface area contributed by atoms with Crippen LogP contribution in [0.15, 0.2) is 42.5 Å². The van der Waals surface area contributed by atoms with Gasteiger partial charge in [-0.05, 0) is 48.9 Å². The summed E-state index contributed by atoms with van der Waals surface area (Å²) in [6, 6.07) is 10.4. The van der Waals surface area contributed by atoms with Gasteiger partial charge in [-0.15, -0.1) is 0 Å². The first kappa shape index (κ1) is 28.7. The Morgan fingerprint density at radius 1 is 0.974 bits per heavy atom. The van der Waals surface area contributed by atoms with E-state index in [0.29, 0.717) is 18.4 Å². The van der Waals surface area contributed by atoms with Crippen molar-refractivity contribution in [3.05, 3.63) is 64.7 Å². The zero-order chi connectivity index (χ0) is 28.8. The highest BCUT2D eigenvalue weighted by atomic mass is 19.4. The van der Waals surface area contributed by atoms with Gasteiger partial charge in [0.05, 0.1) is 13.2 Å². The van der Waals surface area contributed by atoms with E-state index in [1.54, 1.807) is 45.2 Å². The van der Waals surface area contributed by atoms with E-state index in [9.17, 15) is 35.9 Å². The number of likely N-dealkylation sites (N-methyl/N-ethyl adjacent to an activating group) is 1. The van der Waals surface area contributed by atoms with E-state index in [0.717, 1.165) is 12.1 Å². The lowest BCUT2D eigenvalue weighted by Crippen LogP contribution is -2.53. The first-order valence-electron chi connectivity index (χ1n) is 12.4. The van der Waals surface area contributed by atoms with Crippen molar-refractivity contribution in [2.75, 3.05) is 20.2 Å². The van der Waals surface area contributed by atoms with Crippen LogP contribution in [-0.2, 0) is 33.7 Å². The quantitative estimate of drug-likeness (QED) is 0.224. The van der Waals surface area contributed by atoms with Gasteiger partial charge in [0, 0.05) is 19.2 Å². The van der Waals surface area contributed by atoms with E-state index in [1.807, 2.05) is 6.07 Å². The number of hydrogen-bond donors (Lipinski definition) is 0. The van der Waals surface area contributed by atoms with Crippen molar-refractivity contribution >= 4 is 11.9 Å². The van der Waals surface area contributed by atoms with Crippen LogP contribution in [0.2, 0.25) is 0 Å². The summed E-state index contributed by atoms with van der Waals surface area (Å²) in [7, 11) is 1.56. The molecule has 2 heterocycles. The van der Waals surface area contributed by atoms with Crippen LogP contribution >= 0.6 is 0 Å². The topological polar surface area (TPSA) is 59.1 Å². The molecule has 1 atom stereocenters. The highest BCUT2D eigenvalue weighted by Gasteiger charge is 2.75. The lowest BCUT2D eigenvalue weighted by molar-refractivity contribution is -0.385. The summed E-state index contributed by atoms with van der Waals surface area (Å²) in [5.41, 5.74) is -5.77. The van der Waals surface area contributed by atoms with E-state index in [4.69, 9.17) is 4.74 Å². The van der Waals surface area contributed by atoms with Gasteiger partial charge in [0.25, 0.3) is 11.5 Å². The predicted molar refractivity (Wildman–Crippen MR) is 128 cm³/mol. The number of rotatable bonds is 8. The molecule has 3 amide bonds. The molecule has 212 valence electrons. The number of imide groups is 1. The van der Waals surface area contributed by atoms with Gasteiger partial charge in [-0.1, -0.05) is 43.3 Å². The maximum Gasteiger partial charge on any atom is 0.430 e. The highest BCUT2D eigenvalue weighted by Crippen LogP contribution is 2.58. The van der Waals surface area contributed by atoms with Crippen molar-refractivity contribution in [1.29, 1.82) is 0 Å². The van der Waals surface area contributed by atoms with Crippen LogP contribution in [0.3, 0.4) is 0 Å². The van der Waals surface area contributed by atoms with Crippen molar-refractivity contribution in [3.63, 3.8) is 0 Å². The molecule has 0 N–H and O–H groups in total. The molecule has 1 fully saturated rings. The van der Waals surface area contributed by atoms with Gasteiger partial charge in [-0.3, -0.25) is 9.69 Å². The van der Waals surface area contributed by atoms with Gasteiger partial charge in [0.2, 0.25) is 0 Å². The van der Waals surface area contributed by atoms with Crippen molar-refractivity contribution < 1.29 is 45.4 Å². The van der Waals surface area contributed by atoms with Crippen LogP contribution in [0.4, 0.5) is 31.1 Å². The van der Waals surface area contributed by atoms with Gasteiger partial charge in [0.15, 0.2) is 0 Å². The fourth-order valence-electron chi connectivity index (χ4n) is 5.27. The number of alkyl halides is 6. The fraction of sp³-hybridized carbons (Fsp3) is 0.481. The molecule has 0 saturated carbocycles. The maximum absolute atomic E-state index is 13.6. The summed E-state index contributed by atoms with van der Waals surface area (Å²) in [6.07, 6.45) is -10.5. The Hall–Kier alpha value is -3.28. The predicted octanol–water partition coefficient (Wildman–Crippen LogP) is 6.07. The number of urea groups is 1. The molecule has 2 aliphatic rings. The number of carbonyl (C=O) groups is 2. The van der Waals surface area contributed by atoms with Crippen molar-refractivity contribution in [2.45, 2.75) is 63.2 Å². The molecule has 1 saturated heterocycles. The lowest BCUT2D eigenvalue weighted by atomic mass is 9.88. The number of fused-ring (bicyclic) bond motifs is 1. The Morgan fingerprint density at radius 2 is 1.62 bits per heavy atom. The minimum absolute atomic E-state index is 0.0817. The van der Waals surface area contributed by atoms with Crippen LogP contribution in [0.5, 0.6) is 5.75 Å². The third kappa shape index (κ3) is 4.42. The number of benzene rings is 2. The molecule has 0 aromatic heterocycles. The molecule has 6 nitrogen and oxygen atoms in total. The van der Waals surface area contributed by atoms with Gasteiger partial charge in [-0.25, -0.2) is 4.79 Å². The molecule has 1 unspecified atom stereocenters. The molecule has 0 spiro atoms. The van der Waals surface area contributed by atoms with Crippen LogP contribution in [0, 0.1) is 0 Å². The second-order valence-electron chi connectivity index (χ2n) is 9.68. The number of ether oxygens (including phenoxy) is 2. The zero-order valence-electron chi connectivity index (χ0n) is 21.6. The molecule has 0 radical (unpaired) electrons. The van der Waals surface area contributed by atoms with Crippen LogP contribution in [0.1, 0.15) is 48.9 Å². The molecule has 12 heteroatoms. The Kier molecular flexibility index (Phi) is 7.39. The van der Waals surface area contributed by atoms with E-state index in [1.165, 1.54) is 9.80 Å². The minimum Gasteiger partial charge on any atom is -0.493 e. The molecule has 4 rings (SSSR count). The Morgan fingerprint density at radius 3 is 2.21 bits per heavy atom. The van der Waals surface area contributed by atoms with Gasteiger partial charge >= 0.3 is 18.4 Å². The second-order valence-corrected chi connectivity index (χ2v) is 9.68. The van der Waals surface area contributed by atoms with Crippen LogP contribution < -0.4 is 4.74 Å². The summed E-state index contributed by atoms with van der Waals surface area (Å²) >= 11 is 0. The molecule has 0 bridgehead atoms. The van der Waals surface area contributed by atoms with Crippen molar-refractivity contribution in [1.82, 2.24) is 9.80 Å². The average molecular weight is 559 g/mol. The second kappa shape index (κ2) is 10.0. The highest BCUT2D eigenvalue weighted by molar-refractivity contribution is 6.07. The minimum atomic E-state index is -5.70. The van der Waals surface area contributed by atoms with Crippen molar-refractivity contribution in [3.8, 4) is 5.75 Å². The third-order valence-corrected chi connectivity index (χ3v) is 7.57. The van der Waals surface area contributed by atoms with E-state index in [2.05, 4.69) is 4.74 Å². The molecule has 2 aromatic carbocycles. The Labute approximate surface area is 221 Å². The van der Waals surface area contributed by atoms with Crippen LogP contribution in [-0.4, -0.2) is 54.3 Å². The smallest absolute Gasteiger partial charge is 0.430 e. The molecule has 39 heavy (non-hydrogen) atoms. The lowest BCUT2D eigenvalue weighted by Gasteiger charge is -2.33. The first-order chi connectivity index (χ1) is 18.2. The van der Waals surface area contributed by atoms with Gasteiger partial charge in [-0.2, -0.15) is 26.3 Å².